The molecule has 0 aliphatic carbocycles. The highest BCUT2D eigenvalue weighted by Gasteiger charge is 2.33. The molecule has 40 heavy (non-hydrogen) atoms. The van der Waals surface area contributed by atoms with E-state index in [1.165, 1.54) is 18.0 Å². The molecule has 0 spiro atoms. The molecule has 10 nitrogen and oxygen atoms in total. The Kier molecular flexibility index (Phi) is 9.15. The SMILES string of the molecule is CNC(=O)C(Cc1ccccc1)N(Cc1cccc(OC)c1)C(=O)CN(c1ccc2c(c1)OCCO2)S(C)(=O)=O. The number of carbonyl (C=O) groups is 2. The van der Waals surface area contributed by atoms with Crippen LogP contribution in [0, 0.1) is 0 Å². The van der Waals surface area contributed by atoms with Gasteiger partial charge < -0.3 is 24.4 Å². The van der Waals surface area contributed by atoms with Crippen LogP contribution in [0.3, 0.4) is 0 Å². The van der Waals surface area contributed by atoms with Gasteiger partial charge in [0, 0.05) is 26.1 Å². The van der Waals surface area contributed by atoms with Crippen molar-refractivity contribution >= 4 is 27.5 Å². The van der Waals surface area contributed by atoms with Gasteiger partial charge in [-0.2, -0.15) is 0 Å². The fraction of sp³-hybridized carbons (Fsp3) is 0.310. The van der Waals surface area contributed by atoms with Crippen molar-refractivity contribution < 1.29 is 32.2 Å². The normalized spacial score (nSPS) is 13.2. The first-order valence-electron chi connectivity index (χ1n) is 12.7. The van der Waals surface area contributed by atoms with Gasteiger partial charge in [-0.25, -0.2) is 8.42 Å². The average molecular weight is 568 g/mol. The number of likely N-dealkylation sites (N-methyl/N-ethyl adjacent to an activating group) is 1. The van der Waals surface area contributed by atoms with Crippen LogP contribution in [0.2, 0.25) is 0 Å². The number of nitrogens with zero attached hydrogens (tertiary/aromatic N) is 2. The largest absolute Gasteiger partial charge is 0.497 e. The number of hydrogen-bond donors (Lipinski definition) is 1. The van der Waals surface area contributed by atoms with Gasteiger partial charge in [0.1, 0.15) is 31.5 Å². The molecule has 1 atom stereocenters. The molecular weight excluding hydrogens is 534 g/mol. The fourth-order valence-electron chi connectivity index (χ4n) is 4.49. The molecule has 0 aromatic heterocycles. The van der Waals surface area contributed by atoms with Crippen molar-refractivity contribution in [2.45, 2.75) is 19.0 Å². The van der Waals surface area contributed by atoms with Crippen molar-refractivity contribution in [3.05, 3.63) is 83.9 Å². The minimum absolute atomic E-state index is 0.0553. The molecule has 1 aliphatic heterocycles. The van der Waals surface area contributed by atoms with Gasteiger partial charge in [-0.15, -0.1) is 0 Å². The Labute approximate surface area is 234 Å². The lowest BCUT2D eigenvalue weighted by Gasteiger charge is -2.33. The topological polar surface area (TPSA) is 114 Å². The maximum atomic E-state index is 14.0. The maximum Gasteiger partial charge on any atom is 0.244 e. The minimum atomic E-state index is -3.90. The zero-order valence-electron chi connectivity index (χ0n) is 22.7. The van der Waals surface area contributed by atoms with Crippen LogP contribution in [0.4, 0.5) is 5.69 Å². The van der Waals surface area contributed by atoms with Crippen molar-refractivity contribution in [1.82, 2.24) is 10.2 Å². The Morgan fingerprint density at radius 2 is 1.65 bits per heavy atom. The summed E-state index contributed by atoms with van der Waals surface area (Å²) in [5.41, 5.74) is 1.83. The smallest absolute Gasteiger partial charge is 0.244 e. The molecule has 1 aliphatic rings. The molecule has 0 saturated carbocycles. The van der Waals surface area contributed by atoms with E-state index in [0.29, 0.717) is 30.5 Å². The lowest BCUT2D eigenvalue weighted by atomic mass is 10.0. The summed E-state index contributed by atoms with van der Waals surface area (Å²) in [6.45, 7) is 0.252. The molecule has 4 rings (SSSR count). The monoisotopic (exact) mass is 567 g/mol. The lowest BCUT2D eigenvalue weighted by molar-refractivity contribution is -0.139. The van der Waals surface area contributed by atoms with Crippen molar-refractivity contribution in [2.24, 2.45) is 0 Å². The number of fused-ring (bicyclic) bond motifs is 1. The van der Waals surface area contributed by atoms with Crippen molar-refractivity contribution in [2.75, 3.05) is 44.5 Å². The molecule has 1 N–H and O–H groups in total. The predicted octanol–water partition coefficient (Wildman–Crippen LogP) is 2.62. The molecule has 3 aromatic carbocycles. The Balaban J connectivity index is 1.71. The van der Waals surface area contributed by atoms with E-state index in [1.807, 2.05) is 36.4 Å². The van der Waals surface area contributed by atoms with E-state index >= 15 is 0 Å². The van der Waals surface area contributed by atoms with Crippen molar-refractivity contribution in [3.8, 4) is 17.2 Å². The molecular formula is C29H33N3O7S. The number of methoxy groups -OCH3 is 1. The highest BCUT2D eigenvalue weighted by atomic mass is 32.2. The van der Waals surface area contributed by atoms with Crippen molar-refractivity contribution in [3.63, 3.8) is 0 Å². The van der Waals surface area contributed by atoms with Gasteiger partial charge in [-0.1, -0.05) is 42.5 Å². The third kappa shape index (κ3) is 7.03. The molecule has 1 heterocycles. The van der Waals surface area contributed by atoms with Gasteiger partial charge in [0.05, 0.1) is 19.1 Å². The first-order chi connectivity index (χ1) is 19.2. The summed E-state index contributed by atoms with van der Waals surface area (Å²) in [4.78, 5) is 28.6. The summed E-state index contributed by atoms with van der Waals surface area (Å²) < 4.78 is 43.4. The maximum absolute atomic E-state index is 14.0. The third-order valence-corrected chi connectivity index (χ3v) is 7.64. The summed E-state index contributed by atoms with van der Waals surface area (Å²) in [6, 6.07) is 20.3. The quantitative estimate of drug-likeness (QED) is 0.379. The summed E-state index contributed by atoms with van der Waals surface area (Å²) in [5, 5.41) is 2.66. The van der Waals surface area contributed by atoms with Crippen LogP contribution < -0.4 is 23.8 Å². The standard InChI is InChI=1S/C29H33N3O7S/c1-30-29(34)25(17-21-8-5-4-6-9-21)31(19-22-10-7-11-24(16-22)37-2)28(33)20-32(40(3,35)36)23-12-13-26-27(18-23)39-15-14-38-26/h4-13,16,18,25H,14-15,17,19-20H2,1-3H3,(H,30,34). The third-order valence-electron chi connectivity index (χ3n) is 6.50. The molecule has 11 heteroatoms. The fourth-order valence-corrected chi connectivity index (χ4v) is 5.33. The van der Waals surface area contributed by atoms with E-state index in [2.05, 4.69) is 5.32 Å². The molecule has 2 amide bonds. The second-order valence-electron chi connectivity index (χ2n) is 9.29. The van der Waals surface area contributed by atoms with Gasteiger partial charge >= 0.3 is 0 Å². The van der Waals surface area contributed by atoms with Crippen LogP contribution in [0.25, 0.3) is 0 Å². The van der Waals surface area contributed by atoms with Crippen LogP contribution in [-0.2, 0) is 32.6 Å². The van der Waals surface area contributed by atoms with Gasteiger partial charge in [-0.05, 0) is 35.4 Å². The first-order valence-corrected chi connectivity index (χ1v) is 14.6. The van der Waals surface area contributed by atoms with E-state index in [1.54, 1.807) is 37.4 Å². The number of benzene rings is 3. The molecule has 0 radical (unpaired) electrons. The molecule has 212 valence electrons. The minimum Gasteiger partial charge on any atom is -0.497 e. The van der Waals surface area contributed by atoms with E-state index in [4.69, 9.17) is 14.2 Å². The Hall–Kier alpha value is -4.25. The summed E-state index contributed by atoms with van der Waals surface area (Å²) in [5.74, 6) is 0.568. The second kappa shape index (κ2) is 12.7. The number of nitrogens with one attached hydrogen (secondary N) is 1. The van der Waals surface area contributed by atoms with Gasteiger partial charge in [0.2, 0.25) is 21.8 Å². The van der Waals surface area contributed by atoms with E-state index in [9.17, 15) is 18.0 Å². The Morgan fingerprint density at radius 1 is 0.950 bits per heavy atom. The van der Waals surface area contributed by atoms with Crippen molar-refractivity contribution in [1.29, 1.82) is 0 Å². The Morgan fingerprint density at radius 3 is 2.33 bits per heavy atom. The number of ether oxygens (including phenoxy) is 3. The van der Waals surface area contributed by atoms with Crippen LogP contribution in [0.15, 0.2) is 72.8 Å². The molecule has 3 aromatic rings. The number of rotatable bonds is 11. The zero-order chi connectivity index (χ0) is 28.7. The lowest BCUT2D eigenvalue weighted by Crippen LogP contribution is -2.52. The number of carbonyl (C=O) groups excluding carboxylic acids is 2. The number of anilines is 1. The second-order valence-corrected chi connectivity index (χ2v) is 11.2. The van der Waals surface area contributed by atoms with Crippen LogP contribution in [0.5, 0.6) is 17.2 Å². The van der Waals surface area contributed by atoms with Gasteiger partial charge in [0.15, 0.2) is 11.5 Å². The van der Waals surface area contributed by atoms with Crippen LogP contribution in [-0.4, -0.2) is 71.3 Å². The molecule has 0 fully saturated rings. The average Bonchev–Trinajstić information content (AvgIpc) is 2.97. The van der Waals surface area contributed by atoms with Crippen LogP contribution >= 0.6 is 0 Å². The summed E-state index contributed by atoms with van der Waals surface area (Å²) in [6.07, 6.45) is 1.27. The van der Waals surface area contributed by atoms with Gasteiger partial charge in [-0.3, -0.25) is 13.9 Å². The van der Waals surface area contributed by atoms with Gasteiger partial charge in [0.25, 0.3) is 0 Å². The number of amides is 2. The van der Waals surface area contributed by atoms with E-state index in [-0.39, 0.29) is 24.6 Å². The molecule has 0 bridgehead atoms. The number of sulfonamides is 1. The highest BCUT2D eigenvalue weighted by molar-refractivity contribution is 7.92. The Bertz CT molecular complexity index is 1450. The zero-order valence-corrected chi connectivity index (χ0v) is 23.5. The first kappa shape index (κ1) is 28.8. The predicted molar refractivity (Wildman–Crippen MR) is 151 cm³/mol. The summed E-state index contributed by atoms with van der Waals surface area (Å²) in [7, 11) is -0.848. The highest BCUT2D eigenvalue weighted by Crippen LogP contribution is 2.34. The molecule has 1 unspecified atom stereocenters. The number of hydrogen-bond acceptors (Lipinski definition) is 7. The van der Waals surface area contributed by atoms with E-state index < -0.39 is 28.5 Å². The molecule has 0 saturated heterocycles. The summed E-state index contributed by atoms with van der Waals surface area (Å²) >= 11 is 0. The van der Waals surface area contributed by atoms with E-state index in [0.717, 1.165) is 21.7 Å². The van der Waals surface area contributed by atoms with Crippen LogP contribution in [0.1, 0.15) is 11.1 Å².